The maximum Gasteiger partial charge on any atom is 0.262 e. The summed E-state index contributed by atoms with van der Waals surface area (Å²) >= 11 is 13.7. The van der Waals surface area contributed by atoms with E-state index in [2.05, 4.69) is 16.4 Å². The molecule has 2 aromatic carbocycles. The van der Waals surface area contributed by atoms with Gasteiger partial charge in [0.2, 0.25) is 0 Å². The van der Waals surface area contributed by atoms with Crippen LogP contribution in [-0.2, 0) is 6.42 Å². The molecular formula is C28H19Cl2N5OS. The van der Waals surface area contributed by atoms with E-state index in [0.29, 0.717) is 21.3 Å². The molecule has 0 aliphatic rings. The molecule has 5 aromatic rings. The zero-order valence-corrected chi connectivity index (χ0v) is 21.6. The lowest BCUT2D eigenvalue weighted by Crippen LogP contribution is -2.34. The lowest BCUT2D eigenvalue weighted by molar-refractivity contribution is 0.0949. The largest absolute Gasteiger partial charge is 0.335 e. The van der Waals surface area contributed by atoms with Gasteiger partial charge in [-0.2, -0.15) is 10.4 Å². The molecule has 5 rings (SSSR count). The fourth-order valence-electron chi connectivity index (χ4n) is 3.83. The molecular weight excluding hydrogens is 525 g/mol. The van der Waals surface area contributed by atoms with Gasteiger partial charge in [0, 0.05) is 24.4 Å². The molecule has 0 unspecified atom stereocenters. The third-order valence-electron chi connectivity index (χ3n) is 5.64. The summed E-state index contributed by atoms with van der Waals surface area (Å²) < 4.78 is 1.77. The number of thiophene rings is 1. The van der Waals surface area contributed by atoms with Gasteiger partial charge in [-0.1, -0.05) is 53.5 Å². The van der Waals surface area contributed by atoms with Crippen molar-refractivity contribution in [2.75, 3.05) is 0 Å². The smallest absolute Gasteiger partial charge is 0.262 e. The Labute approximate surface area is 227 Å². The maximum absolute atomic E-state index is 13.0. The maximum atomic E-state index is 13.0. The van der Waals surface area contributed by atoms with Gasteiger partial charge in [0.05, 0.1) is 42.9 Å². The third-order valence-corrected chi connectivity index (χ3v) is 7.49. The van der Waals surface area contributed by atoms with Gasteiger partial charge in [-0.05, 0) is 54.1 Å². The van der Waals surface area contributed by atoms with Crippen molar-refractivity contribution in [1.29, 1.82) is 5.26 Å². The number of carbonyl (C=O) groups excluding carboxylic acids is 1. The summed E-state index contributed by atoms with van der Waals surface area (Å²) in [5.74, 6) is -0.299. The Bertz CT molecular complexity index is 1590. The summed E-state index contributed by atoms with van der Waals surface area (Å²) in [6.07, 6.45) is 3.88. The van der Waals surface area contributed by atoms with Gasteiger partial charge in [0.1, 0.15) is 6.04 Å². The van der Waals surface area contributed by atoms with Crippen molar-refractivity contribution in [2.45, 2.75) is 12.5 Å². The average Bonchev–Trinajstić information content (AvgIpc) is 3.59. The normalized spacial score (nSPS) is 11.6. The molecule has 9 heteroatoms. The molecule has 3 heterocycles. The van der Waals surface area contributed by atoms with Crippen molar-refractivity contribution in [2.24, 2.45) is 0 Å². The second kappa shape index (κ2) is 11.0. The van der Waals surface area contributed by atoms with Crippen LogP contribution in [0.25, 0.3) is 27.5 Å². The first-order valence-corrected chi connectivity index (χ1v) is 12.9. The first kappa shape index (κ1) is 24.7. The van der Waals surface area contributed by atoms with E-state index in [4.69, 9.17) is 28.3 Å². The fraction of sp³-hybridized carbons (Fsp3) is 0.0714. The van der Waals surface area contributed by atoms with Crippen LogP contribution in [0.5, 0.6) is 0 Å². The summed E-state index contributed by atoms with van der Waals surface area (Å²) in [6.45, 7) is 0. The van der Waals surface area contributed by atoms with E-state index in [9.17, 15) is 10.1 Å². The number of halogens is 2. The number of hydrogen-bond donors (Lipinski definition) is 1. The van der Waals surface area contributed by atoms with E-state index in [0.717, 1.165) is 33.1 Å². The Balaban J connectivity index is 1.46. The minimum atomic E-state index is -0.639. The predicted octanol–water partition coefficient (Wildman–Crippen LogP) is 6.83. The molecule has 1 amide bonds. The number of nitrogens with zero attached hydrogens (tertiary/aromatic N) is 4. The first-order valence-electron chi connectivity index (χ1n) is 11.3. The van der Waals surface area contributed by atoms with Gasteiger partial charge in [-0.3, -0.25) is 9.78 Å². The van der Waals surface area contributed by atoms with Crippen LogP contribution in [0.3, 0.4) is 0 Å². The Morgan fingerprint density at radius 3 is 2.59 bits per heavy atom. The quantitative estimate of drug-likeness (QED) is 0.243. The lowest BCUT2D eigenvalue weighted by atomic mass is 10.1. The molecule has 0 fully saturated rings. The number of nitriles is 1. The average molecular weight is 544 g/mol. The third kappa shape index (κ3) is 5.57. The molecule has 0 saturated carbocycles. The number of carbonyl (C=O) groups is 1. The lowest BCUT2D eigenvalue weighted by Gasteiger charge is -2.11. The van der Waals surface area contributed by atoms with Crippen LogP contribution in [-0.4, -0.2) is 26.7 Å². The molecule has 37 heavy (non-hydrogen) atoms. The summed E-state index contributed by atoms with van der Waals surface area (Å²) in [5.41, 5.74) is 4.07. The molecule has 6 nitrogen and oxygen atoms in total. The number of benzene rings is 2. The number of pyridine rings is 1. The molecule has 182 valence electrons. The van der Waals surface area contributed by atoms with E-state index < -0.39 is 6.04 Å². The first-order chi connectivity index (χ1) is 18.0. The highest BCUT2D eigenvalue weighted by Crippen LogP contribution is 2.34. The van der Waals surface area contributed by atoms with Gasteiger partial charge < -0.3 is 5.32 Å². The second-order valence-electron chi connectivity index (χ2n) is 8.18. The predicted molar refractivity (Wildman–Crippen MR) is 147 cm³/mol. The number of aromatic nitrogens is 3. The molecule has 3 aromatic heterocycles. The number of hydrogen-bond acceptors (Lipinski definition) is 5. The summed E-state index contributed by atoms with van der Waals surface area (Å²) in [6, 6.07) is 25.8. The van der Waals surface area contributed by atoms with Crippen LogP contribution in [0.15, 0.2) is 91.3 Å². The molecule has 0 aliphatic carbocycles. The zero-order valence-electron chi connectivity index (χ0n) is 19.3. The summed E-state index contributed by atoms with van der Waals surface area (Å²) in [5, 5.41) is 18.1. The van der Waals surface area contributed by atoms with Crippen LogP contribution in [0.4, 0.5) is 0 Å². The Morgan fingerprint density at radius 1 is 1.03 bits per heavy atom. The van der Waals surface area contributed by atoms with Crippen molar-refractivity contribution in [3.63, 3.8) is 0 Å². The highest BCUT2D eigenvalue weighted by atomic mass is 35.5. The van der Waals surface area contributed by atoms with E-state index in [1.807, 2.05) is 60.7 Å². The summed E-state index contributed by atoms with van der Waals surface area (Å²) in [7, 11) is 0. The number of nitrogens with one attached hydrogen (secondary N) is 1. The van der Waals surface area contributed by atoms with Gasteiger partial charge >= 0.3 is 0 Å². The van der Waals surface area contributed by atoms with E-state index >= 15 is 0 Å². The van der Waals surface area contributed by atoms with Crippen molar-refractivity contribution in [3.05, 3.63) is 112 Å². The number of rotatable bonds is 7. The van der Waals surface area contributed by atoms with E-state index in [-0.39, 0.29) is 5.91 Å². The van der Waals surface area contributed by atoms with Crippen LogP contribution < -0.4 is 5.32 Å². The van der Waals surface area contributed by atoms with Crippen LogP contribution in [0.2, 0.25) is 10.0 Å². The summed E-state index contributed by atoms with van der Waals surface area (Å²) in [4.78, 5) is 18.5. The Morgan fingerprint density at radius 2 is 1.86 bits per heavy atom. The van der Waals surface area contributed by atoms with Crippen molar-refractivity contribution in [3.8, 4) is 33.6 Å². The standard InChI is InChI=1S/C28H19Cl2N5OS/c29-22-9-8-21(14-23(22)30)35-25(15-24(34-35)19-7-4-12-32-17-19)26-10-11-27(37-26)28(36)33-20(16-31)13-18-5-2-1-3-6-18/h1-12,14-15,17,20H,13H2,(H,33,36)/t20-/m0/s1. The van der Waals surface area contributed by atoms with Crippen LogP contribution in [0, 0.1) is 11.3 Å². The van der Waals surface area contributed by atoms with Crippen LogP contribution >= 0.6 is 34.5 Å². The number of amides is 1. The molecule has 0 aliphatic heterocycles. The Kier molecular flexibility index (Phi) is 7.33. The fourth-order valence-corrected chi connectivity index (χ4v) is 5.03. The van der Waals surface area contributed by atoms with E-state index in [1.165, 1.54) is 11.3 Å². The van der Waals surface area contributed by atoms with Gasteiger partial charge in [0.15, 0.2) is 0 Å². The molecule has 0 saturated heterocycles. The molecule has 0 spiro atoms. The van der Waals surface area contributed by atoms with Crippen molar-refractivity contribution < 1.29 is 4.79 Å². The van der Waals surface area contributed by atoms with Crippen molar-refractivity contribution in [1.82, 2.24) is 20.1 Å². The van der Waals surface area contributed by atoms with Crippen molar-refractivity contribution >= 4 is 40.4 Å². The SMILES string of the molecule is N#C[C@H](Cc1ccccc1)NC(=O)c1ccc(-c2cc(-c3cccnc3)nn2-c2ccc(Cl)c(Cl)c2)s1. The van der Waals surface area contributed by atoms with Gasteiger partial charge in [-0.25, -0.2) is 4.68 Å². The highest BCUT2D eigenvalue weighted by Gasteiger charge is 2.19. The van der Waals surface area contributed by atoms with E-state index in [1.54, 1.807) is 35.3 Å². The topological polar surface area (TPSA) is 83.6 Å². The zero-order chi connectivity index (χ0) is 25.8. The molecule has 1 atom stereocenters. The molecule has 1 N–H and O–H groups in total. The minimum absolute atomic E-state index is 0.299. The molecule has 0 radical (unpaired) electrons. The monoisotopic (exact) mass is 543 g/mol. The second-order valence-corrected chi connectivity index (χ2v) is 10.1. The van der Waals surface area contributed by atoms with Gasteiger partial charge in [0.25, 0.3) is 5.91 Å². The molecule has 0 bridgehead atoms. The minimum Gasteiger partial charge on any atom is -0.335 e. The van der Waals surface area contributed by atoms with Crippen LogP contribution in [0.1, 0.15) is 15.2 Å². The Hall–Kier alpha value is -3.96. The highest BCUT2D eigenvalue weighted by molar-refractivity contribution is 7.17. The van der Waals surface area contributed by atoms with Gasteiger partial charge in [-0.15, -0.1) is 11.3 Å².